The van der Waals surface area contributed by atoms with Gasteiger partial charge in [-0.15, -0.1) is 0 Å². The fourth-order valence-corrected chi connectivity index (χ4v) is 3.98. The lowest BCUT2D eigenvalue weighted by Crippen LogP contribution is -2.30. The van der Waals surface area contributed by atoms with Crippen LogP contribution in [0.2, 0.25) is 0 Å². The molecule has 23 heavy (non-hydrogen) atoms. The number of aryl methyl sites for hydroxylation is 1. The van der Waals surface area contributed by atoms with Gasteiger partial charge < -0.3 is 5.32 Å². The van der Waals surface area contributed by atoms with Crippen molar-refractivity contribution in [1.29, 1.82) is 0 Å². The van der Waals surface area contributed by atoms with Crippen molar-refractivity contribution in [2.24, 2.45) is 5.92 Å². The van der Waals surface area contributed by atoms with Gasteiger partial charge in [0, 0.05) is 17.7 Å². The molecule has 2 aromatic carbocycles. The number of nitro groups is 1. The number of fused-ring (bicyclic) bond motifs is 3. The van der Waals surface area contributed by atoms with Crippen LogP contribution in [0.1, 0.15) is 35.1 Å². The monoisotopic (exact) mass is 306 g/mol. The molecule has 0 amide bonds. The van der Waals surface area contributed by atoms with Crippen LogP contribution in [-0.4, -0.2) is 4.92 Å². The zero-order valence-corrected chi connectivity index (χ0v) is 12.9. The maximum absolute atomic E-state index is 11.5. The Morgan fingerprint density at radius 3 is 2.70 bits per heavy atom. The molecule has 0 radical (unpaired) electrons. The van der Waals surface area contributed by atoms with Gasteiger partial charge in [0.2, 0.25) is 0 Å². The number of nitro benzene ring substituents is 1. The molecule has 116 valence electrons. The van der Waals surface area contributed by atoms with Gasteiger partial charge in [0.1, 0.15) is 0 Å². The largest absolute Gasteiger partial charge is 0.377 e. The molecule has 0 aromatic heterocycles. The third-order valence-corrected chi connectivity index (χ3v) is 5.06. The van der Waals surface area contributed by atoms with Crippen LogP contribution in [0, 0.1) is 23.0 Å². The summed E-state index contributed by atoms with van der Waals surface area (Å²) in [5.74, 6) is 0.433. The highest BCUT2D eigenvalue weighted by molar-refractivity contribution is 5.70. The Bertz CT molecular complexity index is 799. The maximum atomic E-state index is 11.5. The summed E-state index contributed by atoms with van der Waals surface area (Å²) in [6, 6.07) is 14.0. The number of benzene rings is 2. The molecule has 1 aliphatic carbocycles. The molecule has 0 spiro atoms. The van der Waals surface area contributed by atoms with Crippen LogP contribution < -0.4 is 5.32 Å². The van der Waals surface area contributed by atoms with E-state index in [0.29, 0.717) is 5.92 Å². The third-order valence-electron chi connectivity index (χ3n) is 5.06. The summed E-state index contributed by atoms with van der Waals surface area (Å²) >= 11 is 0. The van der Waals surface area contributed by atoms with Gasteiger partial charge in [-0.2, -0.15) is 0 Å². The van der Waals surface area contributed by atoms with Gasteiger partial charge in [-0.05, 0) is 30.4 Å². The average molecular weight is 306 g/mol. The van der Waals surface area contributed by atoms with Crippen molar-refractivity contribution >= 4 is 11.4 Å². The smallest absolute Gasteiger partial charge is 0.275 e. The van der Waals surface area contributed by atoms with Gasteiger partial charge in [-0.1, -0.05) is 48.6 Å². The zero-order chi connectivity index (χ0) is 16.0. The minimum Gasteiger partial charge on any atom is -0.377 e. The molecule has 4 heteroatoms. The summed E-state index contributed by atoms with van der Waals surface area (Å²) in [4.78, 5) is 11.2. The van der Waals surface area contributed by atoms with Crippen LogP contribution >= 0.6 is 0 Å². The Kier molecular flexibility index (Phi) is 3.18. The van der Waals surface area contributed by atoms with E-state index < -0.39 is 0 Å². The minimum atomic E-state index is -0.258. The number of rotatable bonds is 2. The molecule has 1 N–H and O–H groups in total. The van der Waals surface area contributed by atoms with Crippen LogP contribution in [0.4, 0.5) is 11.4 Å². The second-order valence-corrected chi connectivity index (χ2v) is 6.33. The number of anilines is 1. The Labute approximate surface area is 135 Å². The first-order valence-electron chi connectivity index (χ1n) is 7.93. The normalized spacial score (nSPS) is 24.7. The number of hydrogen-bond acceptors (Lipinski definition) is 3. The lowest BCUT2D eigenvalue weighted by molar-refractivity contribution is -0.385. The standard InChI is InChI=1S/C19H18N2O2/c1-12-10-11-16(21(22)23)17-14-8-5-9-15(14)19(20-18(12)17)13-6-3-2-4-7-13/h2-8,10-11,14-15,19-20H,9H2,1H3. The lowest BCUT2D eigenvalue weighted by Gasteiger charge is -2.37. The Morgan fingerprint density at radius 1 is 1.17 bits per heavy atom. The van der Waals surface area contributed by atoms with Gasteiger partial charge in [0.25, 0.3) is 5.69 Å². The van der Waals surface area contributed by atoms with Crippen LogP contribution in [0.5, 0.6) is 0 Å². The quantitative estimate of drug-likeness (QED) is 0.496. The first-order valence-corrected chi connectivity index (χ1v) is 7.93. The zero-order valence-electron chi connectivity index (χ0n) is 12.9. The highest BCUT2D eigenvalue weighted by Gasteiger charge is 2.41. The highest BCUT2D eigenvalue weighted by atomic mass is 16.6. The third kappa shape index (κ3) is 2.13. The number of hydrogen-bond donors (Lipinski definition) is 1. The Balaban J connectivity index is 1.89. The van der Waals surface area contributed by atoms with E-state index in [9.17, 15) is 10.1 Å². The van der Waals surface area contributed by atoms with Crippen LogP contribution in [0.3, 0.4) is 0 Å². The van der Waals surface area contributed by atoms with Crippen molar-refractivity contribution in [3.05, 3.63) is 81.4 Å². The fraction of sp³-hybridized carbons (Fsp3) is 0.263. The number of nitrogens with zero attached hydrogens (tertiary/aromatic N) is 1. The highest BCUT2D eigenvalue weighted by Crippen LogP contribution is 2.53. The van der Waals surface area contributed by atoms with Crippen molar-refractivity contribution in [3.8, 4) is 0 Å². The van der Waals surface area contributed by atoms with E-state index in [2.05, 4.69) is 29.6 Å². The number of nitrogens with one attached hydrogen (secondary N) is 1. The summed E-state index contributed by atoms with van der Waals surface area (Å²) in [5, 5.41) is 15.1. The molecule has 0 fully saturated rings. The van der Waals surface area contributed by atoms with Crippen LogP contribution in [0.15, 0.2) is 54.6 Å². The molecule has 3 unspecified atom stereocenters. The molecule has 2 aromatic rings. The first kappa shape index (κ1) is 14.0. The van der Waals surface area contributed by atoms with Crippen molar-refractivity contribution in [1.82, 2.24) is 0 Å². The Morgan fingerprint density at radius 2 is 1.96 bits per heavy atom. The van der Waals surface area contributed by atoms with E-state index in [1.165, 1.54) is 5.56 Å². The predicted molar refractivity (Wildman–Crippen MR) is 90.6 cm³/mol. The number of allylic oxidation sites excluding steroid dienone is 2. The molecule has 4 rings (SSSR count). The van der Waals surface area contributed by atoms with Gasteiger partial charge >= 0.3 is 0 Å². The molecule has 2 aliphatic rings. The average Bonchev–Trinajstić information content (AvgIpc) is 3.05. The van der Waals surface area contributed by atoms with Gasteiger partial charge in [0.05, 0.1) is 16.5 Å². The van der Waals surface area contributed by atoms with Crippen LogP contribution in [-0.2, 0) is 0 Å². The van der Waals surface area contributed by atoms with E-state index in [1.54, 1.807) is 6.07 Å². The first-order chi connectivity index (χ1) is 11.2. The SMILES string of the molecule is Cc1ccc([N+](=O)[O-])c2c1NC(c1ccccc1)C1CC=CC21. The molecule has 3 atom stereocenters. The topological polar surface area (TPSA) is 55.2 Å². The lowest BCUT2D eigenvalue weighted by atomic mass is 9.76. The van der Waals surface area contributed by atoms with Gasteiger partial charge in [-0.3, -0.25) is 10.1 Å². The molecule has 4 nitrogen and oxygen atoms in total. The van der Waals surface area contributed by atoms with E-state index >= 15 is 0 Å². The summed E-state index contributed by atoms with van der Waals surface area (Å²) in [7, 11) is 0. The Hall–Kier alpha value is -2.62. The molecular weight excluding hydrogens is 288 g/mol. The van der Waals surface area contributed by atoms with Gasteiger partial charge in [-0.25, -0.2) is 0 Å². The van der Waals surface area contributed by atoms with E-state index in [4.69, 9.17) is 0 Å². The van der Waals surface area contributed by atoms with Crippen LogP contribution in [0.25, 0.3) is 0 Å². The molecule has 0 saturated carbocycles. The fourth-order valence-electron chi connectivity index (χ4n) is 3.98. The summed E-state index contributed by atoms with van der Waals surface area (Å²) in [6.45, 7) is 2.01. The van der Waals surface area contributed by atoms with Crippen molar-refractivity contribution in [2.75, 3.05) is 5.32 Å². The van der Waals surface area contributed by atoms with Gasteiger partial charge in [0.15, 0.2) is 0 Å². The van der Waals surface area contributed by atoms with E-state index in [-0.39, 0.29) is 22.6 Å². The summed E-state index contributed by atoms with van der Waals surface area (Å²) in [5.41, 5.74) is 4.31. The summed E-state index contributed by atoms with van der Waals surface area (Å²) < 4.78 is 0. The predicted octanol–water partition coefficient (Wildman–Crippen LogP) is 4.73. The molecule has 1 aliphatic heterocycles. The van der Waals surface area contributed by atoms with E-state index in [1.807, 2.05) is 31.2 Å². The molecule has 0 saturated heterocycles. The minimum absolute atomic E-state index is 0.108. The van der Waals surface area contributed by atoms with E-state index in [0.717, 1.165) is 23.2 Å². The second kappa shape index (κ2) is 5.23. The maximum Gasteiger partial charge on any atom is 0.275 e. The second-order valence-electron chi connectivity index (χ2n) is 6.33. The summed E-state index contributed by atoms with van der Waals surface area (Å²) in [6.07, 6.45) is 5.25. The molecule has 1 heterocycles. The van der Waals surface area contributed by atoms with Crippen molar-refractivity contribution < 1.29 is 4.92 Å². The van der Waals surface area contributed by atoms with Crippen molar-refractivity contribution in [2.45, 2.75) is 25.3 Å². The van der Waals surface area contributed by atoms with Crippen molar-refractivity contribution in [3.63, 3.8) is 0 Å². The molecular formula is C19H18N2O2. The molecule has 0 bridgehead atoms.